The van der Waals surface area contributed by atoms with Gasteiger partial charge < -0.3 is 11.1 Å². The predicted octanol–water partition coefficient (Wildman–Crippen LogP) is 3.25. The summed E-state index contributed by atoms with van der Waals surface area (Å²) < 4.78 is 1.64. The maximum Gasteiger partial charge on any atom is 0.248 e. The number of halogens is 2. The molecule has 0 fully saturated rings. The van der Waals surface area contributed by atoms with Crippen molar-refractivity contribution >= 4 is 58.1 Å². The lowest BCUT2D eigenvalue weighted by Crippen LogP contribution is -2.22. The number of hydrogen-bond acceptors (Lipinski definition) is 5. The van der Waals surface area contributed by atoms with Crippen LogP contribution in [0.1, 0.15) is 17.3 Å². The van der Waals surface area contributed by atoms with Gasteiger partial charge in [0.1, 0.15) is 0 Å². The third-order valence-corrected chi connectivity index (χ3v) is 5.03. The van der Waals surface area contributed by atoms with Crippen LogP contribution >= 0.6 is 35.0 Å². The van der Waals surface area contributed by atoms with Crippen LogP contribution < -0.4 is 11.1 Å². The van der Waals surface area contributed by atoms with Gasteiger partial charge in [0.05, 0.1) is 15.3 Å². The second-order valence-electron chi connectivity index (χ2n) is 5.37. The molecule has 0 aliphatic rings. The molecule has 0 aliphatic carbocycles. The molecule has 0 saturated carbocycles. The second-order valence-corrected chi connectivity index (χ2v) is 7.52. The summed E-state index contributed by atoms with van der Waals surface area (Å²) in [5.74, 6) is -0.755. The van der Waals surface area contributed by atoms with Gasteiger partial charge >= 0.3 is 0 Å². The number of aromatic nitrogens is 3. The largest absolute Gasteiger partial charge is 0.366 e. The molecule has 3 N–H and O–H groups in total. The van der Waals surface area contributed by atoms with Gasteiger partial charge in [0, 0.05) is 17.4 Å². The van der Waals surface area contributed by atoms with E-state index in [1.807, 2.05) is 0 Å². The Hall–Kier alpha value is -2.29. The van der Waals surface area contributed by atoms with Crippen molar-refractivity contribution in [2.75, 3.05) is 5.32 Å². The van der Waals surface area contributed by atoms with Crippen LogP contribution in [-0.2, 0) is 4.79 Å². The second kappa shape index (κ2) is 7.53. The molecular weight excluding hydrogens is 397 g/mol. The Kier molecular flexibility index (Phi) is 5.36. The number of amides is 2. The Morgan fingerprint density at radius 1 is 1.23 bits per heavy atom. The van der Waals surface area contributed by atoms with E-state index in [1.54, 1.807) is 47.9 Å². The molecule has 134 valence electrons. The monoisotopic (exact) mass is 409 g/mol. The lowest BCUT2D eigenvalue weighted by atomic mass is 10.2. The van der Waals surface area contributed by atoms with E-state index in [1.165, 1.54) is 11.8 Å². The van der Waals surface area contributed by atoms with Crippen LogP contribution in [-0.4, -0.2) is 31.7 Å². The van der Waals surface area contributed by atoms with E-state index in [4.69, 9.17) is 28.9 Å². The topological polar surface area (TPSA) is 102 Å². The van der Waals surface area contributed by atoms with Crippen LogP contribution in [0.2, 0.25) is 10.0 Å². The fourth-order valence-electron chi connectivity index (χ4n) is 2.16. The molecule has 3 aromatic rings. The average molecular weight is 410 g/mol. The summed E-state index contributed by atoms with van der Waals surface area (Å²) in [6.45, 7) is 1.74. The molecule has 2 aromatic heterocycles. The van der Waals surface area contributed by atoms with Crippen molar-refractivity contribution in [2.45, 2.75) is 17.3 Å². The molecule has 0 radical (unpaired) electrons. The number of fused-ring (bicyclic) bond motifs is 1. The summed E-state index contributed by atoms with van der Waals surface area (Å²) in [6.07, 6.45) is 1.64. The van der Waals surface area contributed by atoms with E-state index in [0.29, 0.717) is 32.1 Å². The van der Waals surface area contributed by atoms with Gasteiger partial charge in [-0.2, -0.15) is 0 Å². The zero-order valence-electron chi connectivity index (χ0n) is 13.4. The van der Waals surface area contributed by atoms with Gasteiger partial charge in [0.15, 0.2) is 10.8 Å². The number of rotatable bonds is 5. The van der Waals surface area contributed by atoms with E-state index in [0.717, 1.165) is 0 Å². The van der Waals surface area contributed by atoms with Gasteiger partial charge in [0.25, 0.3) is 0 Å². The molecule has 26 heavy (non-hydrogen) atoms. The van der Waals surface area contributed by atoms with E-state index in [9.17, 15) is 9.59 Å². The van der Waals surface area contributed by atoms with Crippen molar-refractivity contribution in [3.8, 4) is 0 Å². The fourth-order valence-corrected chi connectivity index (χ4v) is 3.49. The third kappa shape index (κ3) is 3.92. The van der Waals surface area contributed by atoms with Crippen molar-refractivity contribution in [3.63, 3.8) is 0 Å². The molecule has 0 bridgehead atoms. The Morgan fingerprint density at radius 3 is 2.58 bits per heavy atom. The van der Waals surface area contributed by atoms with Crippen molar-refractivity contribution < 1.29 is 9.59 Å². The SMILES string of the molecule is C[C@H](Sc1nnc2c(Cl)cc(Cl)cn12)C(=O)Nc1ccc(C(N)=O)cc1. The molecule has 10 heteroatoms. The minimum atomic E-state index is -0.525. The smallest absolute Gasteiger partial charge is 0.248 e. The molecule has 0 saturated heterocycles. The van der Waals surface area contributed by atoms with Crippen LogP contribution in [0.3, 0.4) is 0 Å². The maximum atomic E-state index is 12.4. The van der Waals surface area contributed by atoms with Gasteiger partial charge in [-0.15, -0.1) is 10.2 Å². The highest BCUT2D eigenvalue weighted by molar-refractivity contribution is 8.00. The standard InChI is InChI=1S/C16H13Cl2N5O2S/c1-8(15(25)20-11-4-2-9(3-5-11)13(19)24)26-16-22-21-14-12(18)6-10(17)7-23(14)16/h2-8H,1H3,(H2,19,24)(H,20,25)/t8-/m0/s1. The highest BCUT2D eigenvalue weighted by Crippen LogP contribution is 2.28. The number of carbonyl (C=O) groups excluding carboxylic acids is 2. The minimum Gasteiger partial charge on any atom is -0.366 e. The first-order chi connectivity index (χ1) is 12.3. The number of primary amides is 1. The van der Waals surface area contributed by atoms with Crippen molar-refractivity contribution in [3.05, 3.63) is 52.1 Å². The third-order valence-electron chi connectivity index (χ3n) is 3.48. The Labute approximate surface area is 162 Å². The zero-order chi connectivity index (χ0) is 18.8. The summed E-state index contributed by atoms with van der Waals surface area (Å²) >= 11 is 13.3. The summed E-state index contributed by atoms with van der Waals surface area (Å²) in [7, 11) is 0. The number of pyridine rings is 1. The zero-order valence-corrected chi connectivity index (χ0v) is 15.8. The Bertz CT molecular complexity index is 990. The van der Waals surface area contributed by atoms with E-state index in [-0.39, 0.29) is 5.91 Å². The highest BCUT2D eigenvalue weighted by atomic mass is 35.5. The van der Waals surface area contributed by atoms with Crippen molar-refractivity contribution in [2.24, 2.45) is 5.73 Å². The van der Waals surface area contributed by atoms with Gasteiger partial charge in [-0.1, -0.05) is 35.0 Å². The predicted molar refractivity (Wildman–Crippen MR) is 102 cm³/mol. The molecule has 0 aliphatic heterocycles. The molecule has 1 aromatic carbocycles. The average Bonchev–Trinajstić information content (AvgIpc) is 2.98. The highest BCUT2D eigenvalue weighted by Gasteiger charge is 2.19. The summed E-state index contributed by atoms with van der Waals surface area (Å²) in [5.41, 5.74) is 6.59. The van der Waals surface area contributed by atoms with Crippen molar-refractivity contribution in [1.82, 2.24) is 14.6 Å². The molecule has 2 amide bonds. The molecular formula is C16H13Cl2N5O2S. The number of hydrogen-bond donors (Lipinski definition) is 2. The van der Waals surface area contributed by atoms with Crippen LogP contribution in [0.15, 0.2) is 41.7 Å². The van der Waals surface area contributed by atoms with Gasteiger partial charge in [-0.3, -0.25) is 14.0 Å². The van der Waals surface area contributed by atoms with Gasteiger partial charge in [-0.25, -0.2) is 0 Å². The molecule has 0 unspecified atom stereocenters. The Balaban J connectivity index is 1.72. The van der Waals surface area contributed by atoms with Crippen LogP contribution in [0.25, 0.3) is 5.65 Å². The normalized spacial score (nSPS) is 12.1. The summed E-state index contributed by atoms with van der Waals surface area (Å²) in [6, 6.07) is 7.90. The number of benzene rings is 1. The lowest BCUT2D eigenvalue weighted by Gasteiger charge is -2.11. The van der Waals surface area contributed by atoms with Crippen LogP contribution in [0.5, 0.6) is 0 Å². The first-order valence-corrected chi connectivity index (χ1v) is 9.06. The van der Waals surface area contributed by atoms with Gasteiger partial charge in [0.2, 0.25) is 11.8 Å². The quantitative estimate of drug-likeness (QED) is 0.629. The fraction of sp³-hybridized carbons (Fsp3) is 0.125. The first kappa shape index (κ1) is 18.5. The molecule has 0 spiro atoms. The minimum absolute atomic E-state index is 0.230. The lowest BCUT2D eigenvalue weighted by molar-refractivity contribution is -0.115. The summed E-state index contributed by atoms with van der Waals surface area (Å²) in [5, 5.41) is 11.7. The number of anilines is 1. The summed E-state index contributed by atoms with van der Waals surface area (Å²) in [4.78, 5) is 23.5. The molecule has 7 nitrogen and oxygen atoms in total. The van der Waals surface area contributed by atoms with Crippen molar-refractivity contribution in [1.29, 1.82) is 0 Å². The van der Waals surface area contributed by atoms with Crippen LogP contribution in [0, 0.1) is 0 Å². The first-order valence-electron chi connectivity index (χ1n) is 7.42. The molecule has 3 rings (SSSR count). The van der Waals surface area contributed by atoms with E-state index in [2.05, 4.69) is 15.5 Å². The van der Waals surface area contributed by atoms with E-state index < -0.39 is 11.2 Å². The number of nitrogens with two attached hydrogens (primary N) is 1. The Morgan fingerprint density at radius 2 is 1.92 bits per heavy atom. The maximum absolute atomic E-state index is 12.4. The number of carbonyl (C=O) groups is 2. The number of nitrogens with one attached hydrogen (secondary N) is 1. The van der Waals surface area contributed by atoms with Gasteiger partial charge in [-0.05, 0) is 37.3 Å². The number of nitrogens with zero attached hydrogens (tertiary/aromatic N) is 3. The molecule has 1 atom stereocenters. The van der Waals surface area contributed by atoms with E-state index >= 15 is 0 Å². The number of thioether (sulfide) groups is 1. The molecule has 2 heterocycles. The van der Waals surface area contributed by atoms with Crippen LogP contribution in [0.4, 0.5) is 5.69 Å².